The average molecular weight is 367 g/mol. The number of hydrogen-bond acceptors (Lipinski definition) is 3. The number of nitrogens with one attached hydrogen (secondary N) is 1. The van der Waals surface area contributed by atoms with Crippen LogP contribution in [0.4, 0.5) is 0 Å². The molecule has 0 radical (unpaired) electrons. The summed E-state index contributed by atoms with van der Waals surface area (Å²) in [6.45, 7) is 9.79. The van der Waals surface area contributed by atoms with Crippen LogP contribution >= 0.6 is 0 Å². The van der Waals surface area contributed by atoms with Crippen LogP contribution in [0.15, 0.2) is 42.5 Å². The largest absolute Gasteiger partial charge is 0.481 e. The molecule has 1 saturated heterocycles. The highest BCUT2D eigenvalue weighted by atomic mass is 16.5. The van der Waals surface area contributed by atoms with E-state index in [1.807, 2.05) is 32.0 Å². The molecular formula is C23H30N2O2. The molecule has 1 aliphatic heterocycles. The molecular weight excluding hydrogens is 336 g/mol. The van der Waals surface area contributed by atoms with Gasteiger partial charge in [-0.2, -0.15) is 0 Å². The molecule has 3 rings (SSSR count). The summed E-state index contributed by atoms with van der Waals surface area (Å²) in [5.41, 5.74) is 4.67. The lowest BCUT2D eigenvalue weighted by atomic mass is 10.1. The first-order valence-electron chi connectivity index (χ1n) is 9.83. The number of carbonyl (C=O) groups excluding carboxylic acids is 1. The Labute approximate surface area is 162 Å². The van der Waals surface area contributed by atoms with Crippen LogP contribution in [0.25, 0.3) is 0 Å². The summed E-state index contributed by atoms with van der Waals surface area (Å²) in [6.07, 6.45) is 2.10. The highest BCUT2D eigenvalue weighted by Gasteiger charge is 2.16. The molecule has 4 nitrogen and oxygen atoms in total. The van der Waals surface area contributed by atoms with E-state index in [-0.39, 0.29) is 5.91 Å². The lowest BCUT2D eigenvalue weighted by Gasteiger charge is -2.17. The predicted molar refractivity (Wildman–Crippen MR) is 109 cm³/mol. The molecule has 0 saturated carbocycles. The number of aryl methyl sites for hydroxylation is 1. The standard InChI is InChI=1S/C23H30N2O2/c1-17-7-6-8-22(18(17)2)27-19(3)23(26)24-15-20-9-11-21(12-10-20)16-25-13-4-5-14-25/h6-12,19H,4-5,13-16H2,1-3H3,(H,24,26). The fraction of sp³-hybridized carbons (Fsp3) is 0.435. The Hall–Kier alpha value is -2.33. The molecule has 1 amide bonds. The number of hydrogen-bond donors (Lipinski definition) is 1. The van der Waals surface area contributed by atoms with Crippen LogP contribution in [-0.2, 0) is 17.9 Å². The zero-order chi connectivity index (χ0) is 19.2. The summed E-state index contributed by atoms with van der Waals surface area (Å²) in [5, 5.41) is 2.97. The van der Waals surface area contributed by atoms with E-state index in [4.69, 9.17) is 4.74 Å². The Kier molecular flexibility index (Phi) is 6.51. The summed E-state index contributed by atoms with van der Waals surface area (Å²) in [4.78, 5) is 14.9. The second kappa shape index (κ2) is 9.05. The summed E-state index contributed by atoms with van der Waals surface area (Å²) < 4.78 is 5.85. The smallest absolute Gasteiger partial charge is 0.261 e. The molecule has 1 heterocycles. The van der Waals surface area contributed by atoms with Crippen LogP contribution in [0.2, 0.25) is 0 Å². The van der Waals surface area contributed by atoms with Crippen molar-refractivity contribution in [2.45, 2.75) is 52.8 Å². The Bertz CT molecular complexity index is 764. The normalized spacial score (nSPS) is 15.5. The lowest BCUT2D eigenvalue weighted by Crippen LogP contribution is -2.36. The Morgan fingerprint density at radius 3 is 2.44 bits per heavy atom. The minimum atomic E-state index is -0.528. The number of ether oxygens (including phenoxy) is 1. The Morgan fingerprint density at radius 1 is 1.07 bits per heavy atom. The van der Waals surface area contributed by atoms with Gasteiger partial charge in [0.2, 0.25) is 0 Å². The summed E-state index contributed by atoms with van der Waals surface area (Å²) in [6, 6.07) is 14.4. The third kappa shape index (κ3) is 5.33. The van der Waals surface area contributed by atoms with E-state index in [1.165, 1.54) is 31.5 Å². The molecule has 1 aliphatic rings. The number of amides is 1. The van der Waals surface area contributed by atoms with Crippen molar-refractivity contribution in [2.24, 2.45) is 0 Å². The number of carbonyl (C=O) groups is 1. The SMILES string of the molecule is Cc1cccc(OC(C)C(=O)NCc2ccc(CN3CCCC3)cc2)c1C. The van der Waals surface area contributed by atoms with Gasteiger partial charge in [-0.25, -0.2) is 0 Å². The van der Waals surface area contributed by atoms with E-state index in [1.54, 1.807) is 6.92 Å². The second-order valence-electron chi connectivity index (χ2n) is 7.48. The van der Waals surface area contributed by atoms with Crippen LogP contribution in [0, 0.1) is 13.8 Å². The molecule has 27 heavy (non-hydrogen) atoms. The van der Waals surface area contributed by atoms with E-state index in [0.717, 1.165) is 29.0 Å². The molecule has 1 unspecified atom stereocenters. The maximum absolute atomic E-state index is 12.4. The Morgan fingerprint density at radius 2 is 1.74 bits per heavy atom. The summed E-state index contributed by atoms with van der Waals surface area (Å²) in [7, 11) is 0. The maximum Gasteiger partial charge on any atom is 0.261 e. The first-order valence-corrected chi connectivity index (χ1v) is 9.83. The van der Waals surface area contributed by atoms with Crippen LogP contribution in [0.5, 0.6) is 5.75 Å². The van der Waals surface area contributed by atoms with Gasteiger partial charge in [-0.05, 0) is 75.0 Å². The zero-order valence-electron chi connectivity index (χ0n) is 16.6. The van der Waals surface area contributed by atoms with Crippen LogP contribution in [-0.4, -0.2) is 30.0 Å². The van der Waals surface area contributed by atoms with E-state index < -0.39 is 6.10 Å². The highest BCUT2D eigenvalue weighted by Crippen LogP contribution is 2.21. The maximum atomic E-state index is 12.4. The van der Waals surface area contributed by atoms with Crippen LogP contribution in [0.1, 0.15) is 42.0 Å². The molecule has 144 valence electrons. The zero-order valence-corrected chi connectivity index (χ0v) is 16.6. The third-order valence-electron chi connectivity index (χ3n) is 5.32. The topological polar surface area (TPSA) is 41.6 Å². The molecule has 0 spiro atoms. The van der Waals surface area contributed by atoms with Crippen molar-refractivity contribution in [3.63, 3.8) is 0 Å². The minimum Gasteiger partial charge on any atom is -0.481 e. The quantitative estimate of drug-likeness (QED) is 0.806. The van der Waals surface area contributed by atoms with E-state index in [0.29, 0.717) is 6.54 Å². The molecule has 2 aromatic carbocycles. The van der Waals surface area contributed by atoms with E-state index in [2.05, 4.69) is 34.5 Å². The molecule has 0 aromatic heterocycles. The van der Waals surface area contributed by atoms with Gasteiger partial charge in [-0.15, -0.1) is 0 Å². The average Bonchev–Trinajstić information content (AvgIpc) is 3.17. The summed E-state index contributed by atoms with van der Waals surface area (Å²) >= 11 is 0. The molecule has 1 fully saturated rings. The first kappa shape index (κ1) is 19.4. The van der Waals surface area contributed by atoms with Crippen molar-refractivity contribution in [3.05, 3.63) is 64.7 Å². The highest BCUT2D eigenvalue weighted by molar-refractivity contribution is 5.80. The fourth-order valence-corrected chi connectivity index (χ4v) is 3.39. The van der Waals surface area contributed by atoms with Crippen molar-refractivity contribution in [3.8, 4) is 5.75 Å². The minimum absolute atomic E-state index is 0.1000. The fourth-order valence-electron chi connectivity index (χ4n) is 3.39. The van der Waals surface area contributed by atoms with Gasteiger partial charge in [0.25, 0.3) is 5.91 Å². The molecule has 4 heteroatoms. The van der Waals surface area contributed by atoms with Gasteiger partial charge in [0.1, 0.15) is 5.75 Å². The molecule has 1 atom stereocenters. The van der Waals surface area contributed by atoms with E-state index >= 15 is 0 Å². The summed E-state index contributed by atoms with van der Waals surface area (Å²) in [5.74, 6) is 0.668. The van der Waals surface area contributed by atoms with Gasteiger partial charge in [0.05, 0.1) is 0 Å². The Balaban J connectivity index is 1.48. The molecule has 0 aliphatic carbocycles. The molecule has 0 bridgehead atoms. The van der Waals surface area contributed by atoms with Gasteiger partial charge in [-0.1, -0.05) is 36.4 Å². The van der Waals surface area contributed by atoms with Gasteiger partial charge >= 0.3 is 0 Å². The van der Waals surface area contributed by atoms with Crippen molar-refractivity contribution in [2.75, 3.05) is 13.1 Å². The monoisotopic (exact) mass is 366 g/mol. The van der Waals surface area contributed by atoms with Gasteiger partial charge < -0.3 is 10.1 Å². The second-order valence-corrected chi connectivity index (χ2v) is 7.48. The number of likely N-dealkylation sites (tertiary alicyclic amines) is 1. The number of rotatable bonds is 7. The van der Waals surface area contributed by atoms with Gasteiger partial charge in [0.15, 0.2) is 6.10 Å². The van der Waals surface area contributed by atoms with Gasteiger partial charge in [-0.3, -0.25) is 9.69 Å². The van der Waals surface area contributed by atoms with Crippen LogP contribution in [0.3, 0.4) is 0 Å². The van der Waals surface area contributed by atoms with Crippen molar-refractivity contribution in [1.82, 2.24) is 10.2 Å². The molecule has 2 aromatic rings. The molecule has 1 N–H and O–H groups in total. The van der Waals surface area contributed by atoms with Crippen molar-refractivity contribution >= 4 is 5.91 Å². The predicted octanol–water partition coefficient (Wildman–Crippen LogP) is 3.98. The van der Waals surface area contributed by atoms with E-state index in [9.17, 15) is 4.79 Å². The van der Waals surface area contributed by atoms with Crippen molar-refractivity contribution in [1.29, 1.82) is 0 Å². The van der Waals surface area contributed by atoms with Crippen molar-refractivity contribution < 1.29 is 9.53 Å². The first-order chi connectivity index (χ1) is 13.0. The van der Waals surface area contributed by atoms with Crippen LogP contribution < -0.4 is 10.1 Å². The number of benzene rings is 2. The third-order valence-corrected chi connectivity index (χ3v) is 5.32. The number of nitrogens with zero attached hydrogens (tertiary/aromatic N) is 1. The van der Waals surface area contributed by atoms with Gasteiger partial charge in [0, 0.05) is 13.1 Å². The lowest BCUT2D eigenvalue weighted by molar-refractivity contribution is -0.127.